The molecule has 0 aliphatic rings. The lowest BCUT2D eigenvalue weighted by atomic mass is 10.2. The van der Waals surface area contributed by atoms with Gasteiger partial charge in [0, 0.05) is 0 Å². The minimum absolute atomic E-state index is 0.00120. The molecular formula is C10H11NO4S. The second-order valence-electron chi connectivity index (χ2n) is 2.83. The van der Waals surface area contributed by atoms with E-state index in [2.05, 4.69) is 0 Å². The molecule has 1 rings (SSSR count). The van der Waals surface area contributed by atoms with Crippen molar-refractivity contribution < 1.29 is 14.5 Å². The molecule has 0 aliphatic heterocycles. The third kappa shape index (κ3) is 2.52. The van der Waals surface area contributed by atoms with Crippen LogP contribution < -0.4 is 0 Å². The zero-order valence-corrected chi connectivity index (χ0v) is 9.74. The highest BCUT2D eigenvalue weighted by Gasteiger charge is 2.24. The molecule has 0 aliphatic carbocycles. The molecule has 6 heteroatoms. The lowest BCUT2D eigenvalue weighted by molar-refractivity contribution is -0.388. The number of benzene rings is 1. The van der Waals surface area contributed by atoms with Gasteiger partial charge in [0.05, 0.1) is 16.4 Å². The van der Waals surface area contributed by atoms with E-state index in [0.29, 0.717) is 4.90 Å². The Bertz CT molecular complexity index is 419. The van der Waals surface area contributed by atoms with Gasteiger partial charge in [-0.3, -0.25) is 10.1 Å². The van der Waals surface area contributed by atoms with E-state index in [-0.39, 0.29) is 17.9 Å². The first kappa shape index (κ1) is 12.5. The van der Waals surface area contributed by atoms with Crippen molar-refractivity contribution in [3.63, 3.8) is 0 Å². The number of carbonyl (C=O) groups is 1. The fraction of sp³-hybridized carbons (Fsp3) is 0.300. The molecule has 0 heterocycles. The summed E-state index contributed by atoms with van der Waals surface area (Å²) in [6.07, 6.45) is 1.72. The summed E-state index contributed by atoms with van der Waals surface area (Å²) in [6, 6.07) is 4.60. The summed E-state index contributed by atoms with van der Waals surface area (Å²) in [7, 11) is 0. The van der Waals surface area contributed by atoms with E-state index in [1.807, 2.05) is 0 Å². The highest BCUT2D eigenvalue weighted by molar-refractivity contribution is 7.98. The van der Waals surface area contributed by atoms with Crippen molar-refractivity contribution in [1.29, 1.82) is 0 Å². The minimum atomic E-state index is -0.662. The van der Waals surface area contributed by atoms with Crippen molar-refractivity contribution in [1.82, 2.24) is 0 Å². The number of nitrogens with zero attached hydrogens (tertiary/aromatic N) is 1. The maximum Gasteiger partial charge on any atom is 0.345 e. The van der Waals surface area contributed by atoms with Gasteiger partial charge in [0.15, 0.2) is 0 Å². The SMILES string of the molecule is CCOC(=O)c1cccc(SC)c1[N+](=O)[O-]. The Hall–Kier alpha value is -1.56. The Labute approximate surface area is 96.9 Å². The van der Waals surface area contributed by atoms with Gasteiger partial charge in [0.1, 0.15) is 5.56 Å². The van der Waals surface area contributed by atoms with Crippen molar-refractivity contribution in [2.24, 2.45) is 0 Å². The Balaban J connectivity index is 3.27. The predicted molar refractivity (Wildman–Crippen MR) is 60.8 cm³/mol. The first-order valence-electron chi connectivity index (χ1n) is 4.60. The summed E-state index contributed by atoms with van der Waals surface area (Å²) in [5, 5.41) is 10.9. The van der Waals surface area contributed by atoms with E-state index in [1.54, 1.807) is 25.3 Å². The number of rotatable bonds is 4. The van der Waals surface area contributed by atoms with Gasteiger partial charge < -0.3 is 4.74 Å². The number of thioether (sulfide) groups is 1. The molecule has 0 saturated heterocycles. The second kappa shape index (κ2) is 5.50. The molecule has 86 valence electrons. The molecule has 5 nitrogen and oxygen atoms in total. The number of nitro groups is 1. The van der Waals surface area contributed by atoms with Crippen LogP contribution in [0.3, 0.4) is 0 Å². The lowest BCUT2D eigenvalue weighted by Gasteiger charge is -2.05. The fourth-order valence-electron chi connectivity index (χ4n) is 1.25. The molecule has 0 bridgehead atoms. The van der Waals surface area contributed by atoms with Crippen LogP contribution >= 0.6 is 11.8 Å². The van der Waals surface area contributed by atoms with Crippen LogP contribution in [0.15, 0.2) is 23.1 Å². The summed E-state index contributed by atoms with van der Waals surface area (Å²) < 4.78 is 4.77. The van der Waals surface area contributed by atoms with E-state index < -0.39 is 10.9 Å². The summed E-state index contributed by atoms with van der Waals surface area (Å²) in [5.74, 6) is -0.662. The van der Waals surface area contributed by atoms with E-state index in [0.717, 1.165) is 0 Å². The topological polar surface area (TPSA) is 69.4 Å². The smallest absolute Gasteiger partial charge is 0.345 e. The molecule has 1 aromatic carbocycles. The number of hydrogen-bond acceptors (Lipinski definition) is 5. The van der Waals surface area contributed by atoms with E-state index >= 15 is 0 Å². The molecule has 1 aromatic rings. The summed E-state index contributed by atoms with van der Waals surface area (Å²) in [5.41, 5.74) is -0.188. The molecule has 0 aromatic heterocycles. The molecule has 0 atom stereocenters. The van der Waals surface area contributed by atoms with Crippen LogP contribution in [0.4, 0.5) is 5.69 Å². The Morgan fingerprint density at radius 3 is 2.75 bits per heavy atom. The van der Waals surface area contributed by atoms with Crippen LogP contribution in [0.1, 0.15) is 17.3 Å². The summed E-state index contributed by atoms with van der Waals surface area (Å²) >= 11 is 1.22. The van der Waals surface area contributed by atoms with Crippen molar-refractivity contribution in [2.75, 3.05) is 12.9 Å². The van der Waals surface area contributed by atoms with Gasteiger partial charge in [0.25, 0.3) is 5.69 Å². The monoisotopic (exact) mass is 241 g/mol. The zero-order chi connectivity index (χ0) is 12.1. The molecule has 0 radical (unpaired) electrons. The van der Waals surface area contributed by atoms with Crippen LogP contribution in [-0.2, 0) is 4.74 Å². The number of carbonyl (C=O) groups excluding carboxylic acids is 1. The molecule has 0 N–H and O–H groups in total. The molecule has 16 heavy (non-hydrogen) atoms. The standard InChI is InChI=1S/C10H11NO4S/c1-3-15-10(12)7-5-4-6-8(16-2)9(7)11(13)14/h4-6H,3H2,1-2H3. The van der Waals surface area contributed by atoms with Crippen molar-refractivity contribution in [3.05, 3.63) is 33.9 Å². The molecule has 0 unspecified atom stereocenters. The predicted octanol–water partition coefficient (Wildman–Crippen LogP) is 2.49. The average Bonchev–Trinajstić information content (AvgIpc) is 2.28. The zero-order valence-electron chi connectivity index (χ0n) is 8.93. The Morgan fingerprint density at radius 1 is 1.56 bits per heavy atom. The van der Waals surface area contributed by atoms with Crippen molar-refractivity contribution >= 4 is 23.4 Å². The highest BCUT2D eigenvalue weighted by Crippen LogP contribution is 2.31. The third-order valence-corrected chi connectivity index (χ3v) is 2.67. The van der Waals surface area contributed by atoms with Gasteiger partial charge in [-0.15, -0.1) is 11.8 Å². The molecule has 0 spiro atoms. The van der Waals surface area contributed by atoms with Crippen LogP contribution in [0.25, 0.3) is 0 Å². The van der Waals surface area contributed by atoms with Crippen LogP contribution in [0.5, 0.6) is 0 Å². The van der Waals surface area contributed by atoms with Gasteiger partial charge in [-0.25, -0.2) is 4.79 Å². The number of ether oxygens (including phenoxy) is 1. The summed E-state index contributed by atoms with van der Waals surface area (Å²) in [6.45, 7) is 1.85. The fourth-order valence-corrected chi connectivity index (χ4v) is 1.84. The maximum absolute atomic E-state index is 11.5. The number of para-hydroxylation sites is 1. The first-order valence-corrected chi connectivity index (χ1v) is 5.82. The molecule has 0 saturated carbocycles. The normalized spacial score (nSPS) is 9.88. The minimum Gasteiger partial charge on any atom is -0.462 e. The van der Waals surface area contributed by atoms with Crippen LogP contribution in [0, 0.1) is 10.1 Å². The van der Waals surface area contributed by atoms with Crippen LogP contribution in [0.2, 0.25) is 0 Å². The molecule has 0 fully saturated rings. The second-order valence-corrected chi connectivity index (χ2v) is 3.68. The first-order chi connectivity index (χ1) is 7.61. The number of nitro benzene ring substituents is 1. The average molecular weight is 241 g/mol. The Morgan fingerprint density at radius 2 is 2.25 bits per heavy atom. The van der Waals surface area contributed by atoms with E-state index in [4.69, 9.17) is 4.74 Å². The van der Waals surface area contributed by atoms with Gasteiger partial charge >= 0.3 is 5.97 Å². The molecule has 0 amide bonds. The Kier molecular flexibility index (Phi) is 4.30. The van der Waals surface area contributed by atoms with E-state index in [9.17, 15) is 14.9 Å². The summed E-state index contributed by atoms with van der Waals surface area (Å²) in [4.78, 5) is 22.3. The van der Waals surface area contributed by atoms with Gasteiger partial charge in [-0.1, -0.05) is 6.07 Å². The van der Waals surface area contributed by atoms with Crippen LogP contribution in [-0.4, -0.2) is 23.8 Å². The van der Waals surface area contributed by atoms with Gasteiger partial charge in [-0.05, 0) is 25.3 Å². The number of hydrogen-bond donors (Lipinski definition) is 0. The van der Waals surface area contributed by atoms with Gasteiger partial charge in [0.2, 0.25) is 0 Å². The van der Waals surface area contributed by atoms with Crippen molar-refractivity contribution in [2.45, 2.75) is 11.8 Å². The molecular weight excluding hydrogens is 230 g/mol. The largest absolute Gasteiger partial charge is 0.462 e. The third-order valence-electron chi connectivity index (χ3n) is 1.90. The highest BCUT2D eigenvalue weighted by atomic mass is 32.2. The van der Waals surface area contributed by atoms with Gasteiger partial charge in [-0.2, -0.15) is 0 Å². The quantitative estimate of drug-likeness (QED) is 0.350. The lowest BCUT2D eigenvalue weighted by Crippen LogP contribution is -2.08. The maximum atomic E-state index is 11.5. The van der Waals surface area contributed by atoms with Crippen molar-refractivity contribution in [3.8, 4) is 0 Å². The van der Waals surface area contributed by atoms with E-state index in [1.165, 1.54) is 17.8 Å². The number of esters is 1.